The normalized spacial score (nSPS) is 10.5. The number of aryl methyl sites for hydroxylation is 1. The van der Waals surface area contributed by atoms with E-state index in [2.05, 4.69) is 12.2 Å². The maximum absolute atomic E-state index is 12.0. The van der Waals surface area contributed by atoms with Crippen molar-refractivity contribution in [1.82, 2.24) is 0 Å². The Morgan fingerprint density at radius 2 is 1.90 bits per heavy atom. The van der Waals surface area contributed by atoms with Crippen LogP contribution >= 0.6 is 0 Å². The third kappa shape index (κ3) is 3.71. The van der Waals surface area contributed by atoms with Gasteiger partial charge in [0.15, 0.2) is 5.76 Å². The number of nitrogens with one attached hydrogen (secondary N) is 1. The first-order valence-corrected chi connectivity index (χ1v) is 6.79. The van der Waals surface area contributed by atoms with Gasteiger partial charge in [-0.25, -0.2) is 0 Å². The molecule has 106 valence electrons. The molecule has 2 aromatic rings. The van der Waals surface area contributed by atoms with Crippen LogP contribution in [0.15, 0.2) is 40.8 Å². The quantitative estimate of drug-likeness (QED) is 0.874. The second-order valence-electron chi connectivity index (χ2n) is 4.41. The lowest BCUT2D eigenvalue weighted by molar-refractivity contribution is 0.0972. The minimum atomic E-state index is -0.253. The Labute approximate surface area is 118 Å². The van der Waals surface area contributed by atoms with Crippen molar-refractivity contribution in [1.29, 1.82) is 0 Å². The van der Waals surface area contributed by atoms with Crippen LogP contribution in [0.25, 0.3) is 0 Å². The van der Waals surface area contributed by atoms with Gasteiger partial charge in [0.25, 0.3) is 5.91 Å². The lowest BCUT2D eigenvalue weighted by atomic mass is 10.1. The van der Waals surface area contributed by atoms with Gasteiger partial charge in [0.1, 0.15) is 12.4 Å². The predicted octanol–water partition coefficient (Wildman–Crippen LogP) is 3.63. The maximum atomic E-state index is 12.0. The molecule has 1 amide bonds. The molecule has 0 spiro atoms. The van der Waals surface area contributed by atoms with Crippen molar-refractivity contribution in [2.24, 2.45) is 0 Å². The van der Waals surface area contributed by atoms with E-state index in [1.165, 1.54) is 5.56 Å². The summed E-state index contributed by atoms with van der Waals surface area (Å²) in [4.78, 5) is 12.0. The summed E-state index contributed by atoms with van der Waals surface area (Å²) >= 11 is 0. The molecule has 0 radical (unpaired) electrons. The zero-order chi connectivity index (χ0) is 14.4. The molecule has 0 aliphatic carbocycles. The summed E-state index contributed by atoms with van der Waals surface area (Å²) in [5, 5.41) is 2.81. The zero-order valence-corrected chi connectivity index (χ0v) is 11.8. The third-order valence-corrected chi connectivity index (χ3v) is 2.95. The number of ether oxygens (including phenoxy) is 1. The van der Waals surface area contributed by atoms with Crippen LogP contribution in [0.2, 0.25) is 0 Å². The number of anilines is 1. The number of benzene rings is 1. The van der Waals surface area contributed by atoms with Crippen LogP contribution in [0.5, 0.6) is 0 Å². The Balaban J connectivity index is 1.98. The van der Waals surface area contributed by atoms with E-state index in [4.69, 9.17) is 9.15 Å². The number of hydrogen-bond acceptors (Lipinski definition) is 3. The molecule has 0 aliphatic rings. The average molecular weight is 273 g/mol. The van der Waals surface area contributed by atoms with E-state index in [1.54, 1.807) is 12.1 Å². The number of hydrogen-bond donors (Lipinski definition) is 1. The molecule has 20 heavy (non-hydrogen) atoms. The smallest absolute Gasteiger partial charge is 0.291 e. The predicted molar refractivity (Wildman–Crippen MR) is 77.8 cm³/mol. The molecule has 1 aromatic heterocycles. The summed E-state index contributed by atoms with van der Waals surface area (Å²) in [6.07, 6.45) is 0.979. The molecule has 0 unspecified atom stereocenters. The second kappa shape index (κ2) is 6.91. The van der Waals surface area contributed by atoms with Crippen molar-refractivity contribution < 1.29 is 13.9 Å². The summed E-state index contributed by atoms with van der Waals surface area (Å²) in [6, 6.07) is 11.2. The van der Waals surface area contributed by atoms with Crippen LogP contribution in [-0.4, -0.2) is 12.5 Å². The van der Waals surface area contributed by atoms with Crippen LogP contribution in [0, 0.1) is 0 Å². The number of furan rings is 1. The van der Waals surface area contributed by atoms with Gasteiger partial charge in [0.2, 0.25) is 0 Å². The first-order chi connectivity index (χ1) is 9.72. The lowest BCUT2D eigenvalue weighted by Gasteiger charge is -2.04. The number of carbonyl (C=O) groups is 1. The Morgan fingerprint density at radius 1 is 1.15 bits per heavy atom. The molecule has 0 atom stereocenters. The average Bonchev–Trinajstić information content (AvgIpc) is 2.95. The monoisotopic (exact) mass is 273 g/mol. The van der Waals surface area contributed by atoms with Crippen molar-refractivity contribution in [2.45, 2.75) is 26.9 Å². The van der Waals surface area contributed by atoms with E-state index in [-0.39, 0.29) is 5.91 Å². The lowest BCUT2D eigenvalue weighted by Crippen LogP contribution is -2.10. The molecule has 1 heterocycles. The van der Waals surface area contributed by atoms with E-state index < -0.39 is 0 Å². The number of amides is 1. The van der Waals surface area contributed by atoms with E-state index in [9.17, 15) is 4.79 Å². The minimum Gasteiger partial charge on any atom is -0.453 e. The fourth-order valence-corrected chi connectivity index (χ4v) is 1.80. The van der Waals surface area contributed by atoms with Crippen molar-refractivity contribution in [3.8, 4) is 0 Å². The summed E-state index contributed by atoms with van der Waals surface area (Å²) in [7, 11) is 0. The van der Waals surface area contributed by atoms with Crippen LogP contribution in [-0.2, 0) is 17.8 Å². The van der Waals surface area contributed by atoms with Crippen LogP contribution < -0.4 is 5.32 Å². The molecule has 0 saturated heterocycles. The maximum Gasteiger partial charge on any atom is 0.291 e. The molecule has 4 nitrogen and oxygen atoms in total. The van der Waals surface area contributed by atoms with E-state index in [0.29, 0.717) is 24.7 Å². The Hall–Kier alpha value is -2.07. The molecule has 4 heteroatoms. The van der Waals surface area contributed by atoms with Crippen molar-refractivity contribution in [3.63, 3.8) is 0 Å². The molecule has 1 N–H and O–H groups in total. The highest BCUT2D eigenvalue weighted by Gasteiger charge is 2.11. The highest BCUT2D eigenvalue weighted by Crippen LogP contribution is 2.14. The zero-order valence-electron chi connectivity index (χ0n) is 11.8. The van der Waals surface area contributed by atoms with Gasteiger partial charge in [-0.2, -0.15) is 0 Å². The molecule has 0 bridgehead atoms. The fraction of sp³-hybridized carbons (Fsp3) is 0.312. The summed E-state index contributed by atoms with van der Waals surface area (Å²) < 4.78 is 10.7. The Kier molecular flexibility index (Phi) is 4.96. The Morgan fingerprint density at radius 3 is 2.55 bits per heavy atom. The van der Waals surface area contributed by atoms with Gasteiger partial charge in [-0.1, -0.05) is 19.1 Å². The van der Waals surface area contributed by atoms with Crippen molar-refractivity contribution in [3.05, 3.63) is 53.5 Å². The van der Waals surface area contributed by atoms with Crippen LogP contribution in [0.1, 0.15) is 35.7 Å². The van der Waals surface area contributed by atoms with Crippen molar-refractivity contribution >= 4 is 11.6 Å². The van der Waals surface area contributed by atoms with E-state index >= 15 is 0 Å². The Bertz CT molecular complexity index is 557. The van der Waals surface area contributed by atoms with Gasteiger partial charge in [0, 0.05) is 12.3 Å². The standard InChI is InChI=1S/C16H19NO3/c1-3-12-5-7-13(8-6-12)17-16(18)15-10-9-14(20-15)11-19-4-2/h5-10H,3-4,11H2,1-2H3,(H,17,18). The number of rotatable bonds is 6. The van der Waals surface area contributed by atoms with Crippen molar-refractivity contribution in [2.75, 3.05) is 11.9 Å². The van der Waals surface area contributed by atoms with Crippen LogP contribution in [0.4, 0.5) is 5.69 Å². The van der Waals surface area contributed by atoms with Crippen LogP contribution in [0.3, 0.4) is 0 Å². The van der Waals surface area contributed by atoms with E-state index in [1.807, 2.05) is 31.2 Å². The van der Waals surface area contributed by atoms with Gasteiger partial charge in [-0.15, -0.1) is 0 Å². The number of carbonyl (C=O) groups excluding carboxylic acids is 1. The molecule has 2 rings (SSSR count). The highest BCUT2D eigenvalue weighted by molar-refractivity contribution is 6.02. The SMILES string of the molecule is CCOCc1ccc(C(=O)Nc2ccc(CC)cc2)o1. The summed E-state index contributed by atoms with van der Waals surface area (Å²) in [5.41, 5.74) is 2.00. The van der Waals surface area contributed by atoms with Gasteiger partial charge in [-0.05, 0) is 43.2 Å². The van der Waals surface area contributed by atoms with Gasteiger partial charge in [0.05, 0.1) is 0 Å². The third-order valence-electron chi connectivity index (χ3n) is 2.95. The molecular formula is C16H19NO3. The summed E-state index contributed by atoms with van der Waals surface area (Å²) in [5.74, 6) is 0.689. The summed E-state index contributed by atoms with van der Waals surface area (Å²) in [6.45, 7) is 5.01. The molecule has 0 aliphatic heterocycles. The fourth-order valence-electron chi connectivity index (χ4n) is 1.80. The van der Waals surface area contributed by atoms with Gasteiger partial charge in [-0.3, -0.25) is 4.79 Å². The molecular weight excluding hydrogens is 254 g/mol. The van der Waals surface area contributed by atoms with Gasteiger partial charge < -0.3 is 14.5 Å². The first-order valence-electron chi connectivity index (χ1n) is 6.79. The first kappa shape index (κ1) is 14.3. The topological polar surface area (TPSA) is 51.5 Å². The largest absolute Gasteiger partial charge is 0.453 e. The second-order valence-corrected chi connectivity index (χ2v) is 4.41. The molecule has 0 saturated carbocycles. The molecule has 1 aromatic carbocycles. The van der Waals surface area contributed by atoms with Gasteiger partial charge >= 0.3 is 0 Å². The highest BCUT2D eigenvalue weighted by atomic mass is 16.5. The minimum absolute atomic E-state index is 0.253. The van der Waals surface area contributed by atoms with E-state index in [0.717, 1.165) is 12.1 Å². The molecule has 0 fully saturated rings.